The van der Waals surface area contributed by atoms with Crippen LogP contribution in [0.1, 0.15) is 54.6 Å². The van der Waals surface area contributed by atoms with Crippen LogP contribution in [0.4, 0.5) is 0 Å². The lowest BCUT2D eigenvalue weighted by atomic mass is 9.93. The molecule has 2 aliphatic rings. The summed E-state index contributed by atoms with van der Waals surface area (Å²) < 4.78 is 7.16. The van der Waals surface area contributed by atoms with Gasteiger partial charge in [0.05, 0.1) is 48.0 Å². The largest absolute Gasteiger partial charge is 0.507 e. The number of likely N-dealkylation sites (tertiary alicyclic amines) is 1. The lowest BCUT2D eigenvalue weighted by Crippen LogP contribution is -2.38. The highest BCUT2D eigenvalue weighted by Gasteiger charge is 2.46. The molecule has 8 nitrogen and oxygen atoms in total. The molecule has 0 unspecified atom stereocenters. The summed E-state index contributed by atoms with van der Waals surface area (Å²) in [6.07, 6.45) is 2.28. The molecule has 0 bridgehead atoms. The predicted molar refractivity (Wildman–Crippen MR) is 150 cm³/mol. The van der Waals surface area contributed by atoms with E-state index in [0.29, 0.717) is 36.9 Å². The Kier molecular flexibility index (Phi) is 7.95. The maximum Gasteiger partial charge on any atom is 0.295 e. The number of carbonyl (C=O) groups is 2. The van der Waals surface area contributed by atoms with Crippen molar-refractivity contribution >= 4 is 17.4 Å². The van der Waals surface area contributed by atoms with Crippen LogP contribution in [0.15, 0.2) is 66.4 Å². The van der Waals surface area contributed by atoms with Crippen molar-refractivity contribution in [2.45, 2.75) is 39.2 Å². The van der Waals surface area contributed by atoms with E-state index < -0.39 is 17.7 Å². The Morgan fingerprint density at radius 3 is 2.38 bits per heavy atom. The topological polar surface area (TPSA) is 87.9 Å². The average molecular weight is 529 g/mol. The lowest BCUT2D eigenvalue weighted by molar-refractivity contribution is -0.140. The maximum absolute atomic E-state index is 13.5. The number of amides is 1. The fourth-order valence-corrected chi connectivity index (χ4v) is 5.43. The van der Waals surface area contributed by atoms with Crippen molar-refractivity contribution in [2.24, 2.45) is 0 Å². The van der Waals surface area contributed by atoms with Gasteiger partial charge in [0.1, 0.15) is 5.76 Å². The Morgan fingerprint density at radius 1 is 1.03 bits per heavy atom. The first-order valence-corrected chi connectivity index (χ1v) is 13.7. The van der Waals surface area contributed by atoms with Crippen molar-refractivity contribution in [3.05, 3.63) is 88.8 Å². The zero-order chi connectivity index (χ0) is 27.5. The number of hydrogen-bond donors (Lipinski definition) is 1. The Labute approximate surface area is 229 Å². The highest BCUT2D eigenvalue weighted by molar-refractivity contribution is 6.46. The smallest absolute Gasteiger partial charge is 0.295 e. The van der Waals surface area contributed by atoms with E-state index in [9.17, 15) is 14.7 Å². The van der Waals surface area contributed by atoms with E-state index in [4.69, 9.17) is 4.74 Å². The Bertz CT molecular complexity index is 1350. The quantitative estimate of drug-likeness (QED) is 0.264. The number of rotatable bonds is 8. The first kappa shape index (κ1) is 26.8. The minimum Gasteiger partial charge on any atom is -0.507 e. The number of hydrogen-bond acceptors (Lipinski definition) is 6. The molecule has 1 aromatic heterocycles. The number of nitrogens with zero attached hydrogens (tertiary/aromatic N) is 4. The number of ketones is 1. The maximum atomic E-state index is 13.5. The molecule has 2 fully saturated rings. The molecule has 2 aromatic carbocycles. The molecule has 2 saturated heterocycles. The van der Waals surface area contributed by atoms with Crippen molar-refractivity contribution in [2.75, 3.05) is 39.4 Å². The lowest BCUT2D eigenvalue weighted by Gasteiger charge is -2.29. The number of aromatic nitrogens is 2. The zero-order valence-corrected chi connectivity index (χ0v) is 22.8. The summed E-state index contributed by atoms with van der Waals surface area (Å²) in [7, 11) is 0. The summed E-state index contributed by atoms with van der Waals surface area (Å²) in [5, 5.41) is 16.0. The van der Waals surface area contributed by atoms with Gasteiger partial charge in [-0.25, -0.2) is 4.68 Å². The summed E-state index contributed by atoms with van der Waals surface area (Å²) in [5.74, 6) is -1.08. The molecule has 0 saturated carbocycles. The molecule has 2 aliphatic heterocycles. The number of morpholine rings is 1. The van der Waals surface area contributed by atoms with Crippen LogP contribution in [0.5, 0.6) is 0 Å². The van der Waals surface area contributed by atoms with Gasteiger partial charge in [0.2, 0.25) is 0 Å². The Balaban J connectivity index is 1.51. The molecule has 3 aromatic rings. The number of carbonyl (C=O) groups excluding carboxylic acids is 2. The van der Waals surface area contributed by atoms with Crippen LogP contribution < -0.4 is 0 Å². The molecular weight excluding hydrogens is 492 g/mol. The second-order valence-electron chi connectivity index (χ2n) is 10.5. The van der Waals surface area contributed by atoms with E-state index in [-0.39, 0.29) is 11.3 Å². The molecule has 0 spiro atoms. The minimum absolute atomic E-state index is 0.111. The highest BCUT2D eigenvalue weighted by atomic mass is 16.5. The third kappa shape index (κ3) is 5.40. The van der Waals surface area contributed by atoms with Gasteiger partial charge in [-0.1, -0.05) is 56.3 Å². The summed E-state index contributed by atoms with van der Waals surface area (Å²) in [6.45, 7) is 10.5. The zero-order valence-electron chi connectivity index (χ0n) is 22.8. The highest BCUT2D eigenvalue weighted by Crippen LogP contribution is 2.40. The van der Waals surface area contributed by atoms with Gasteiger partial charge in [-0.2, -0.15) is 5.10 Å². The number of benzene rings is 2. The van der Waals surface area contributed by atoms with Crippen LogP contribution in [0.25, 0.3) is 11.4 Å². The predicted octanol–water partition coefficient (Wildman–Crippen LogP) is 4.45. The first-order chi connectivity index (χ1) is 18.9. The number of Topliss-reactive ketones (excluding diaryl/α,β-unsaturated/α-hetero) is 1. The standard InChI is InChI=1S/C31H36N4O4/c1-21(2)23-10-12-24(13-11-23)28-27(29(36)26-20-32-35(22(26)3)25-8-5-4-6-9-25)30(37)31(38)34(28)15-7-14-33-16-18-39-19-17-33/h4-6,8-13,20-21,28,36H,7,14-19H2,1-3H3/b29-27+/t28-/m1/s1. The summed E-state index contributed by atoms with van der Waals surface area (Å²) in [6, 6.07) is 16.9. The third-order valence-electron chi connectivity index (χ3n) is 7.70. The van der Waals surface area contributed by atoms with Gasteiger partial charge in [0.15, 0.2) is 0 Å². The third-order valence-corrected chi connectivity index (χ3v) is 7.70. The van der Waals surface area contributed by atoms with E-state index in [1.807, 2.05) is 61.5 Å². The van der Waals surface area contributed by atoms with Gasteiger partial charge in [-0.05, 0) is 42.5 Å². The number of aliphatic hydroxyl groups is 1. The number of para-hydroxylation sites is 1. The van der Waals surface area contributed by atoms with Gasteiger partial charge in [0.25, 0.3) is 11.7 Å². The van der Waals surface area contributed by atoms with Crippen LogP contribution in [0.3, 0.4) is 0 Å². The summed E-state index contributed by atoms with van der Waals surface area (Å²) >= 11 is 0. The van der Waals surface area contributed by atoms with E-state index in [1.165, 1.54) is 5.56 Å². The van der Waals surface area contributed by atoms with Gasteiger partial charge in [0, 0.05) is 26.2 Å². The SMILES string of the molecule is Cc1c(/C(O)=C2\C(=O)C(=O)N(CCCN3CCOCC3)[C@@H]2c2ccc(C(C)C)cc2)cnn1-c1ccccc1. The van der Waals surface area contributed by atoms with E-state index in [0.717, 1.165) is 37.3 Å². The van der Waals surface area contributed by atoms with Gasteiger partial charge < -0.3 is 14.7 Å². The average Bonchev–Trinajstić information content (AvgIpc) is 3.46. The molecule has 0 aliphatic carbocycles. The molecular formula is C31H36N4O4. The molecule has 39 heavy (non-hydrogen) atoms. The molecule has 1 N–H and O–H groups in total. The fourth-order valence-electron chi connectivity index (χ4n) is 5.43. The Morgan fingerprint density at radius 2 is 1.72 bits per heavy atom. The molecule has 1 amide bonds. The van der Waals surface area contributed by atoms with Gasteiger partial charge >= 0.3 is 0 Å². The van der Waals surface area contributed by atoms with Gasteiger partial charge in [-0.3, -0.25) is 14.5 Å². The second-order valence-corrected chi connectivity index (χ2v) is 10.5. The van der Waals surface area contributed by atoms with Crippen LogP contribution >= 0.6 is 0 Å². The van der Waals surface area contributed by atoms with E-state index in [1.54, 1.807) is 15.8 Å². The fraction of sp³-hybridized carbons (Fsp3) is 0.387. The van der Waals surface area contributed by atoms with Crippen molar-refractivity contribution in [3.8, 4) is 5.69 Å². The van der Waals surface area contributed by atoms with Crippen LogP contribution in [-0.4, -0.2) is 75.8 Å². The van der Waals surface area contributed by atoms with Crippen molar-refractivity contribution < 1.29 is 19.4 Å². The molecule has 5 rings (SSSR count). The van der Waals surface area contributed by atoms with Crippen molar-refractivity contribution in [3.63, 3.8) is 0 Å². The van der Waals surface area contributed by atoms with Crippen molar-refractivity contribution in [1.82, 2.24) is 19.6 Å². The molecule has 1 atom stereocenters. The van der Waals surface area contributed by atoms with Gasteiger partial charge in [-0.15, -0.1) is 0 Å². The second kappa shape index (κ2) is 11.6. The summed E-state index contributed by atoms with van der Waals surface area (Å²) in [5.41, 5.74) is 4.06. The molecule has 3 heterocycles. The Hall–Kier alpha value is -3.75. The molecule has 8 heteroatoms. The monoisotopic (exact) mass is 528 g/mol. The minimum atomic E-state index is -0.671. The number of ether oxygens (including phenoxy) is 1. The van der Waals surface area contributed by atoms with Crippen LogP contribution in [0, 0.1) is 6.92 Å². The molecule has 0 radical (unpaired) electrons. The number of aliphatic hydroxyl groups excluding tert-OH is 1. The normalized spacial score (nSPS) is 19.8. The first-order valence-electron chi connectivity index (χ1n) is 13.7. The van der Waals surface area contributed by atoms with E-state index >= 15 is 0 Å². The summed E-state index contributed by atoms with van der Waals surface area (Å²) in [4.78, 5) is 30.8. The van der Waals surface area contributed by atoms with E-state index in [2.05, 4.69) is 23.8 Å². The van der Waals surface area contributed by atoms with Crippen LogP contribution in [0.2, 0.25) is 0 Å². The van der Waals surface area contributed by atoms with Crippen molar-refractivity contribution in [1.29, 1.82) is 0 Å². The molecule has 204 valence electrons. The van der Waals surface area contributed by atoms with Crippen LogP contribution in [-0.2, 0) is 14.3 Å².